The molecule has 6 heteroatoms. The molecule has 20 heavy (non-hydrogen) atoms. The highest BCUT2D eigenvalue weighted by molar-refractivity contribution is 7.91. The number of aromatic nitrogens is 2. The minimum atomic E-state index is -3.27. The van der Waals surface area contributed by atoms with Crippen LogP contribution in [0.2, 0.25) is 0 Å². The minimum absolute atomic E-state index is 0.231. The van der Waals surface area contributed by atoms with Gasteiger partial charge in [-0.05, 0) is 31.4 Å². The van der Waals surface area contributed by atoms with Gasteiger partial charge in [0.25, 0.3) is 0 Å². The Hall–Kier alpha value is -1.40. The van der Waals surface area contributed by atoms with Crippen LogP contribution in [0.4, 0.5) is 0 Å². The highest BCUT2D eigenvalue weighted by atomic mass is 32.2. The zero-order chi connectivity index (χ0) is 14.5. The van der Waals surface area contributed by atoms with Gasteiger partial charge in [-0.1, -0.05) is 6.07 Å². The van der Waals surface area contributed by atoms with Gasteiger partial charge in [-0.25, -0.2) is 13.4 Å². The van der Waals surface area contributed by atoms with Crippen molar-refractivity contribution >= 4 is 20.9 Å². The van der Waals surface area contributed by atoms with E-state index in [1.807, 2.05) is 17.7 Å². The van der Waals surface area contributed by atoms with E-state index in [0.29, 0.717) is 16.3 Å². The van der Waals surface area contributed by atoms with E-state index < -0.39 is 9.84 Å². The van der Waals surface area contributed by atoms with Crippen molar-refractivity contribution in [2.45, 2.75) is 36.1 Å². The van der Waals surface area contributed by atoms with Crippen LogP contribution in [-0.4, -0.2) is 30.3 Å². The van der Waals surface area contributed by atoms with Gasteiger partial charge in [-0.3, -0.25) is 0 Å². The predicted octanol–water partition coefficient (Wildman–Crippen LogP) is 1.57. The molecule has 1 heterocycles. The van der Waals surface area contributed by atoms with Crippen LogP contribution in [0.15, 0.2) is 23.1 Å². The molecule has 0 bridgehead atoms. The summed E-state index contributed by atoms with van der Waals surface area (Å²) in [6.45, 7) is 0. The average Bonchev–Trinajstić information content (AvgIpc) is 2.92. The average molecular weight is 293 g/mol. The van der Waals surface area contributed by atoms with Gasteiger partial charge in [0.15, 0.2) is 9.84 Å². The van der Waals surface area contributed by atoms with Crippen molar-refractivity contribution in [1.29, 1.82) is 0 Å². The number of aryl methyl sites for hydroxylation is 1. The van der Waals surface area contributed by atoms with E-state index >= 15 is 0 Å². The highest BCUT2D eigenvalue weighted by Gasteiger charge is 2.28. The molecule has 1 fully saturated rings. The van der Waals surface area contributed by atoms with E-state index in [9.17, 15) is 8.42 Å². The van der Waals surface area contributed by atoms with Crippen molar-refractivity contribution in [3.63, 3.8) is 0 Å². The maximum absolute atomic E-state index is 11.9. The molecule has 1 aliphatic carbocycles. The second-order valence-electron chi connectivity index (χ2n) is 5.70. The van der Waals surface area contributed by atoms with E-state index in [-0.39, 0.29) is 6.04 Å². The summed E-state index contributed by atoms with van der Waals surface area (Å²) in [6.07, 6.45) is 4.17. The third-order valence-electron chi connectivity index (χ3n) is 4.15. The number of nitrogens with zero attached hydrogens (tertiary/aromatic N) is 2. The molecule has 1 aromatic heterocycles. The molecule has 0 spiro atoms. The third-order valence-corrected chi connectivity index (χ3v) is 5.28. The van der Waals surface area contributed by atoms with Gasteiger partial charge in [0.2, 0.25) is 0 Å². The number of rotatable bonds is 2. The molecule has 2 aromatic rings. The fourth-order valence-corrected chi connectivity index (χ4v) is 3.95. The number of imidazole rings is 1. The van der Waals surface area contributed by atoms with Gasteiger partial charge in [0, 0.05) is 25.3 Å². The van der Waals surface area contributed by atoms with Crippen LogP contribution >= 0.6 is 0 Å². The molecule has 1 aromatic carbocycles. The summed E-state index contributed by atoms with van der Waals surface area (Å²) in [4.78, 5) is 4.93. The number of fused-ring (bicyclic) bond motifs is 1. The Morgan fingerprint density at radius 1 is 1.35 bits per heavy atom. The summed E-state index contributed by atoms with van der Waals surface area (Å²) in [5, 5.41) is 0. The second kappa shape index (κ2) is 4.56. The SMILES string of the molecule is Cn1c(C2CCC(N)C2)nc2c(S(C)(=O)=O)cccc21. The molecular formula is C14H19N3O2S. The number of hydrogen-bond acceptors (Lipinski definition) is 4. The van der Waals surface area contributed by atoms with Gasteiger partial charge < -0.3 is 10.3 Å². The number of sulfone groups is 1. The summed E-state index contributed by atoms with van der Waals surface area (Å²) >= 11 is 0. The summed E-state index contributed by atoms with van der Waals surface area (Å²) in [5.41, 5.74) is 7.41. The lowest BCUT2D eigenvalue weighted by atomic mass is 10.1. The lowest BCUT2D eigenvalue weighted by Gasteiger charge is -2.09. The van der Waals surface area contributed by atoms with Crippen LogP contribution < -0.4 is 5.73 Å². The van der Waals surface area contributed by atoms with Crippen LogP contribution in [0, 0.1) is 0 Å². The largest absolute Gasteiger partial charge is 0.331 e. The summed E-state index contributed by atoms with van der Waals surface area (Å²) in [7, 11) is -1.32. The van der Waals surface area contributed by atoms with Crippen LogP contribution in [0.3, 0.4) is 0 Å². The molecule has 0 saturated heterocycles. The molecule has 1 aliphatic rings. The first-order valence-corrected chi connectivity index (χ1v) is 8.68. The first-order chi connectivity index (χ1) is 9.38. The molecule has 0 radical (unpaired) electrons. The Kier molecular flexibility index (Phi) is 3.10. The van der Waals surface area contributed by atoms with E-state index in [4.69, 9.17) is 5.73 Å². The molecule has 1 saturated carbocycles. The van der Waals surface area contributed by atoms with Crippen molar-refractivity contribution < 1.29 is 8.42 Å². The van der Waals surface area contributed by atoms with E-state index in [1.54, 1.807) is 12.1 Å². The Morgan fingerprint density at radius 3 is 2.70 bits per heavy atom. The summed E-state index contributed by atoms with van der Waals surface area (Å²) < 4.78 is 25.7. The molecule has 2 N–H and O–H groups in total. The number of benzene rings is 1. The molecule has 0 aliphatic heterocycles. The van der Waals surface area contributed by atoms with Crippen LogP contribution in [-0.2, 0) is 16.9 Å². The Balaban J connectivity index is 2.20. The molecule has 3 rings (SSSR count). The lowest BCUT2D eigenvalue weighted by Crippen LogP contribution is -2.15. The number of para-hydroxylation sites is 1. The maximum Gasteiger partial charge on any atom is 0.177 e. The predicted molar refractivity (Wildman–Crippen MR) is 78.4 cm³/mol. The van der Waals surface area contributed by atoms with Crippen molar-refractivity contribution in [1.82, 2.24) is 9.55 Å². The standard InChI is InChI=1S/C14H19N3O2S/c1-17-11-4-3-5-12(20(2,18)19)13(11)16-14(17)9-6-7-10(15)8-9/h3-5,9-10H,6-8,15H2,1-2H3. The molecule has 5 nitrogen and oxygen atoms in total. The summed E-state index contributed by atoms with van der Waals surface area (Å²) in [6, 6.07) is 5.53. The first kappa shape index (κ1) is 13.6. The molecule has 2 unspecified atom stereocenters. The van der Waals surface area contributed by atoms with Crippen molar-refractivity contribution in [3.8, 4) is 0 Å². The van der Waals surface area contributed by atoms with Crippen molar-refractivity contribution in [3.05, 3.63) is 24.0 Å². The van der Waals surface area contributed by atoms with Crippen molar-refractivity contribution in [2.24, 2.45) is 12.8 Å². The molecule has 108 valence electrons. The van der Waals surface area contributed by atoms with Crippen molar-refractivity contribution in [2.75, 3.05) is 6.26 Å². The Bertz CT molecular complexity index is 764. The lowest BCUT2D eigenvalue weighted by molar-refractivity contribution is 0.602. The minimum Gasteiger partial charge on any atom is -0.331 e. The Morgan fingerprint density at radius 2 is 2.10 bits per heavy atom. The smallest absolute Gasteiger partial charge is 0.177 e. The van der Waals surface area contributed by atoms with Gasteiger partial charge in [-0.15, -0.1) is 0 Å². The van der Waals surface area contributed by atoms with E-state index in [1.165, 1.54) is 6.26 Å². The van der Waals surface area contributed by atoms with Crippen LogP contribution in [0.5, 0.6) is 0 Å². The van der Waals surface area contributed by atoms with Crippen LogP contribution in [0.25, 0.3) is 11.0 Å². The quantitative estimate of drug-likeness (QED) is 0.911. The molecule has 0 amide bonds. The fourth-order valence-electron chi connectivity index (χ4n) is 3.12. The number of nitrogens with two attached hydrogens (primary N) is 1. The van der Waals surface area contributed by atoms with Gasteiger partial charge in [0.05, 0.1) is 10.4 Å². The molecule has 2 atom stereocenters. The highest BCUT2D eigenvalue weighted by Crippen LogP contribution is 2.35. The fraction of sp³-hybridized carbons (Fsp3) is 0.500. The van der Waals surface area contributed by atoms with Gasteiger partial charge >= 0.3 is 0 Å². The normalized spacial score (nSPS) is 23.6. The van der Waals surface area contributed by atoms with Crippen LogP contribution in [0.1, 0.15) is 31.0 Å². The maximum atomic E-state index is 11.9. The topological polar surface area (TPSA) is 78.0 Å². The van der Waals surface area contributed by atoms with E-state index in [2.05, 4.69) is 4.98 Å². The monoisotopic (exact) mass is 293 g/mol. The molecular weight excluding hydrogens is 274 g/mol. The first-order valence-electron chi connectivity index (χ1n) is 6.79. The Labute approximate surface area is 118 Å². The van der Waals surface area contributed by atoms with E-state index in [0.717, 1.165) is 30.6 Å². The second-order valence-corrected chi connectivity index (χ2v) is 7.68. The van der Waals surface area contributed by atoms with Gasteiger partial charge in [-0.2, -0.15) is 0 Å². The zero-order valence-electron chi connectivity index (χ0n) is 11.7. The van der Waals surface area contributed by atoms with Gasteiger partial charge in [0.1, 0.15) is 11.3 Å². The third kappa shape index (κ3) is 2.13. The zero-order valence-corrected chi connectivity index (χ0v) is 12.5. The summed E-state index contributed by atoms with van der Waals surface area (Å²) in [5.74, 6) is 1.28. The number of hydrogen-bond donors (Lipinski definition) is 1.